The van der Waals surface area contributed by atoms with Gasteiger partial charge in [0, 0.05) is 18.8 Å². The fourth-order valence-electron chi connectivity index (χ4n) is 1.68. The lowest BCUT2D eigenvalue weighted by Crippen LogP contribution is -2.35. The number of nitrogens with zero attached hydrogens (tertiary/aromatic N) is 1. The van der Waals surface area contributed by atoms with Crippen LogP contribution in [-0.4, -0.2) is 32.4 Å². The Labute approximate surface area is 109 Å². The molecule has 1 rings (SSSR count). The summed E-state index contributed by atoms with van der Waals surface area (Å²) >= 11 is 0. The van der Waals surface area contributed by atoms with E-state index in [0.29, 0.717) is 25.3 Å². The Kier molecular flexibility index (Phi) is 5.58. The van der Waals surface area contributed by atoms with E-state index in [4.69, 9.17) is 5.73 Å². The van der Waals surface area contributed by atoms with Crippen LogP contribution in [0.2, 0.25) is 0 Å². The molecule has 0 saturated carbocycles. The van der Waals surface area contributed by atoms with Crippen molar-refractivity contribution in [3.63, 3.8) is 0 Å². The van der Waals surface area contributed by atoms with Crippen molar-refractivity contribution in [1.29, 1.82) is 0 Å². The largest absolute Gasteiger partial charge is 0.330 e. The number of nitrogens with one attached hydrogen (secondary N) is 1. The predicted molar refractivity (Wildman–Crippen MR) is 74.7 cm³/mol. The van der Waals surface area contributed by atoms with E-state index in [1.165, 1.54) is 4.31 Å². The lowest BCUT2D eigenvalue weighted by atomic mass is 10.1. The standard InChI is InChI=1S/C12H21N3O2S/c1-3-15(4-2)18(16,17)14-12-7-5-11(6-8-12)9-10-13/h5-8,14H,3-4,9-10,13H2,1-2H3. The molecule has 0 aliphatic rings. The first kappa shape index (κ1) is 14.9. The minimum Gasteiger partial charge on any atom is -0.330 e. The van der Waals surface area contributed by atoms with Gasteiger partial charge >= 0.3 is 10.2 Å². The molecule has 0 radical (unpaired) electrons. The second-order valence-corrected chi connectivity index (χ2v) is 5.60. The fourth-order valence-corrected chi connectivity index (χ4v) is 2.93. The van der Waals surface area contributed by atoms with Gasteiger partial charge in [-0.1, -0.05) is 26.0 Å². The third-order valence-corrected chi connectivity index (χ3v) is 4.37. The Morgan fingerprint density at radius 3 is 2.17 bits per heavy atom. The van der Waals surface area contributed by atoms with Gasteiger partial charge in [0.25, 0.3) is 0 Å². The topological polar surface area (TPSA) is 75.4 Å². The number of hydrogen-bond donors (Lipinski definition) is 2. The zero-order valence-electron chi connectivity index (χ0n) is 10.9. The zero-order chi connectivity index (χ0) is 13.6. The molecule has 0 fully saturated rings. The molecule has 1 aromatic rings. The van der Waals surface area contributed by atoms with Crippen LogP contribution in [0.5, 0.6) is 0 Å². The van der Waals surface area contributed by atoms with Gasteiger partial charge in [-0.05, 0) is 30.7 Å². The van der Waals surface area contributed by atoms with Gasteiger partial charge in [-0.15, -0.1) is 0 Å². The van der Waals surface area contributed by atoms with Crippen molar-refractivity contribution in [2.75, 3.05) is 24.4 Å². The summed E-state index contributed by atoms with van der Waals surface area (Å²) in [6.45, 7) is 5.12. The minimum absolute atomic E-state index is 0.455. The summed E-state index contributed by atoms with van der Waals surface area (Å²) in [7, 11) is -3.44. The van der Waals surface area contributed by atoms with Crippen LogP contribution in [0.25, 0.3) is 0 Å². The SMILES string of the molecule is CCN(CC)S(=O)(=O)Nc1ccc(CCN)cc1. The van der Waals surface area contributed by atoms with Crippen LogP contribution in [-0.2, 0) is 16.6 Å². The van der Waals surface area contributed by atoms with Crippen LogP contribution in [0.4, 0.5) is 5.69 Å². The lowest BCUT2D eigenvalue weighted by molar-refractivity contribution is 0.449. The Balaban J connectivity index is 2.78. The number of rotatable bonds is 7. The molecule has 18 heavy (non-hydrogen) atoms. The third kappa shape index (κ3) is 3.97. The minimum atomic E-state index is -3.44. The molecular formula is C12H21N3O2S. The van der Waals surface area contributed by atoms with Gasteiger partial charge in [0.2, 0.25) is 0 Å². The van der Waals surface area contributed by atoms with E-state index in [1.54, 1.807) is 12.1 Å². The van der Waals surface area contributed by atoms with Crippen molar-refractivity contribution >= 4 is 15.9 Å². The summed E-state index contributed by atoms with van der Waals surface area (Å²) < 4.78 is 27.9. The van der Waals surface area contributed by atoms with E-state index in [-0.39, 0.29) is 0 Å². The van der Waals surface area contributed by atoms with Gasteiger partial charge < -0.3 is 5.73 Å². The maximum absolute atomic E-state index is 12.0. The zero-order valence-corrected chi connectivity index (χ0v) is 11.7. The first-order chi connectivity index (χ1) is 8.53. The molecular weight excluding hydrogens is 250 g/mol. The molecule has 0 aliphatic carbocycles. The van der Waals surface area contributed by atoms with E-state index in [0.717, 1.165) is 12.0 Å². The summed E-state index contributed by atoms with van der Waals surface area (Å²) in [5, 5.41) is 0. The molecule has 0 aromatic heterocycles. The van der Waals surface area contributed by atoms with E-state index in [2.05, 4.69) is 4.72 Å². The summed E-state index contributed by atoms with van der Waals surface area (Å²) in [6, 6.07) is 7.28. The van der Waals surface area contributed by atoms with E-state index >= 15 is 0 Å². The molecule has 0 amide bonds. The normalized spacial score (nSPS) is 11.8. The Morgan fingerprint density at radius 2 is 1.72 bits per heavy atom. The first-order valence-corrected chi connectivity index (χ1v) is 7.54. The second-order valence-electron chi connectivity index (χ2n) is 3.93. The van der Waals surface area contributed by atoms with Crippen molar-refractivity contribution in [2.24, 2.45) is 5.73 Å². The highest BCUT2D eigenvalue weighted by atomic mass is 32.2. The Bertz CT molecular complexity index is 453. The third-order valence-electron chi connectivity index (χ3n) is 2.68. The molecule has 0 aliphatic heterocycles. The average molecular weight is 271 g/mol. The van der Waals surface area contributed by atoms with Crippen LogP contribution >= 0.6 is 0 Å². The van der Waals surface area contributed by atoms with Crippen molar-refractivity contribution < 1.29 is 8.42 Å². The van der Waals surface area contributed by atoms with E-state index in [9.17, 15) is 8.42 Å². The van der Waals surface area contributed by atoms with Crippen molar-refractivity contribution in [2.45, 2.75) is 20.3 Å². The maximum Gasteiger partial charge on any atom is 0.301 e. The Morgan fingerprint density at radius 1 is 1.17 bits per heavy atom. The number of nitrogens with two attached hydrogens (primary N) is 1. The highest BCUT2D eigenvalue weighted by molar-refractivity contribution is 7.90. The van der Waals surface area contributed by atoms with Crippen molar-refractivity contribution in [1.82, 2.24) is 4.31 Å². The smallest absolute Gasteiger partial charge is 0.301 e. The molecule has 0 unspecified atom stereocenters. The summed E-state index contributed by atoms with van der Waals surface area (Å²) in [4.78, 5) is 0. The van der Waals surface area contributed by atoms with E-state index < -0.39 is 10.2 Å². The first-order valence-electron chi connectivity index (χ1n) is 6.10. The fraction of sp³-hybridized carbons (Fsp3) is 0.500. The molecule has 0 heterocycles. The van der Waals surface area contributed by atoms with Crippen LogP contribution < -0.4 is 10.5 Å². The van der Waals surface area contributed by atoms with Gasteiger partial charge in [-0.3, -0.25) is 4.72 Å². The summed E-state index contributed by atoms with van der Waals surface area (Å²) in [6.07, 6.45) is 0.795. The molecule has 3 N–H and O–H groups in total. The van der Waals surface area contributed by atoms with Gasteiger partial charge in [0.15, 0.2) is 0 Å². The van der Waals surface area contributed by atoms with Crippen molar-refractivity contribution in [3.8, 4) is 0 Å². The number of anilines is 1. The maximum atomic E-state index is 12.0. The summed E-state index contributed by atoms with van der Waals surface area (Å²) in [5.74, 6) is 0. The van der Waals surface area contributed by atoms with Crippen LogP contribution in [0.1, 0.15) is 19.4 Å². The molecule has 0 bridgehead atoms. The van der Waals surface area contributed by atoms with Gasteiger partial charge in [0.05, 0.1) is 0 Å². The van der Waals surface area contributed by atoms with Crippen molar-refractivity contribution in [3.05, 3.63) is 29.8 Å². The average Bonchev–Trinajstić information content (AvgIpc) is 2.33. The quantitative estimate of drug-likeness (QED) is 0.782. The molecule has 0 atom stereocenters. The van der Waals surface area contributed by atoms with Crippen LogP contribution in [0, 0.1) is 0 Å². The molecule has 0 saturated heterocycles. The molecule has 102 valence electrons. The van der Waals surface area contributed by atoms with Crippen LogP contribution in [0.3, 0.4) is 0 Å². The van der Waals surface area contributed by atoms with Crippen LogP contribution in [0.15, 0.2) is 24.3 Å². The molecule has 5 nitrogen and oxygen atoms in total. The predicted octanol–water partition coefficient (Wildman–Crippen LogP) is 1.19. The molecule has 0 spiro atoms. The number of hydrogen-bond acceptors (Lipinski definition) is 3. The molecule has 1 aromatic carbocycles. The highest BCUT2D eigenvalue weighted by Gasteiger charge is 2.17. The Hall–Kier alpha value is -1.11. The second kappa shape index (κ2) is 6.72. The number of benzene rings is 1. The van der Waals surface area contributed by atoms with Gasteiger partial charge in [0.1, 0.15) is 0 Å². The van der Waals surface area contributed by atoms with Gasteiger partial charge in [-0.2, -0.15) is 12.7 Å². The highest BCUT2D eigenvalue weighted by Crippen LogP contribution is 2.13. The lowest BCUT2D eigenvalue weighted by Gasteiger charge is -2.19. The van der Waals surface area contributed by atoms with Gasteiger partial charge in [-0.25, -0.2) is 0 Å². The molecule has 6 heteroatoms. The van der Waals surface area contributed by atoms with E-state index in [1.807, 2.05) is 26.0 Å². The summed E-state index contributed by atoms with van der Waals surface area (Å²) in [5.41, 5.74) is 7.13. The monoisotopic (exact) mass is 271 g/mol.